The minimum absolute atomic E-state index is 0.132. The third-order valence-corrected chi connectivity index (χ3v) is 6.03. The van der Waals surface area contributed by atoms with Gasteiger partial charge in [-0.3, -0.25) is 4.79 Å². The number of halogens is 1. The van der Waals surface area contributed by atoms with Crippen LogP contribution in [0.1, 0.15) is 23.5 Å². The number of thiazole rings is 1. The quantitative estimate of drug-likeness (QED) is 0.526. The third-order valence-electron chi connectivity index (χ3n) is 5.08. The summed E-state index contributed by atoms with van der Waals surface area (Å²) in [5.74, 6) is -0.190. The van der Waals surface area contributed by atoms with Gasteiger partial charge in [-0.05, 0) is 50.1 Å². The molecule has 0 atom stereocenters. The van der Waals surface area contributed by atoms with E-state index in [0.29, 0.717) is 35.5 Å². The van der Waals surface area contributed by atoms with Crippen LogP contribution in [0.3, 0.4) is 0 Å². The smallest absolute Gasteiger partial charge is 0.236 e. The van der Waals surface area contributed by atoms with Gasteiger partial charge in [-0.1, -0.05) is 17.3 Å². The first-order chi connectivity index (χ1) is 13.5. The van der Waals surface area contributed by atoms with Crippen LogP contribution in [0.15, 0.2) is 53.1 Å². The first kappa shape index (κ1) is 17.1. The molecule has 0 bridgehead atoms. The Bertz CT molecular complexity index is 1210. The van der Waals surface area contributed by atoms with Gasteiger partial charge in [0.1, 0.15) is 5.82 Å². The van der Waals surface area contributed by atoms with Crippen molar-refractivity contribution < 1.29 is 13.7 Å². The second kappa shape index (κ2) is 6.24. The summed E-state index contributed by atoms with van der Waals surface area (Å²) >= 11 is 1.62. The zero-order valence-corrected chi connectivity index (χ0v) is 15.8. The number of hydrogen-bond acceptors (Lipinski definition) is 5. The summed E-state index contributed by atoms with van der Waals surface area (Å²) in [6.45, 7) is 1.96. The highest BCUT2D eigenvalue weighted by Crippen LogP contribution is 2.49. The van der Waals surface area contributed by atoms with E-state index in [1.165, 1.54) is 6.07 Å². The molecular weight excluding hydrogens is 377 g/mol. The van der Waals surface area contributed by atoms with Gasteiger partial charge in [0.15, 0.2) is 5.76 Å². The molecule has 1 fully saturated rings. The summed E-state index contributed by atoms with van der Waals surface area (Å²) in [5, 5.41) is 8.03. The zero-order chi connectivity index (χ0) is 19.3. The van der Waals surface area contributed by atoms with Crippen molar-refractivity contribution in [2.45, 2.75) is 25.2 Å². The van der Waals surface area contributed by atoms with Crippen LogP contribution >= 0.6 is 11.3 Å². The number of carbonyl (C=O) groups is 1. The molecule has 7 heteroatoms. The van der Waals surface area contributed by atoms with Crippen molar-refractivity contribution in [3.8, 4) is 11.3 Å². The van der Waals surface area contributed by atoms with Gasteiger partial charge in [0.25, 0.3) is 0 Å². The molecule has 0 radical (unpaired) electrons. The molecule has 140 valence electrons. The van der Waals surface area contributed by atoms with E-state index in [1.807, 2.05) is 25.1 Å². The van der Waals surface area contributed by atoms with Crippen LogP contribution in [-0.2, 0) is 10.2 Å². The summed E-state index contributed by atoms with van der Waals surface area (Å²) < 4.78 is 20.4. The van der Waals surface area contributed by atoms with Gasteiger partial charge < -0.3 is 9.84 Å². The average molecular weight is 393 g/mol. The van der Waals surface area contributed by atoms with E-state index in [9.17, 15) is 9.18 Å². The standard InChI is InChI=1S/C21H16FN3O2S/c1-12-23-16-10-13(6-7-18(16)28-12)24-20(26)21(8-9-21)19-11-17(27-25-19)14-4-2-3-5-15(14)22/h2-7,10-11H,8-9H2,1H3,(H,24,26). The number of nitrogens with zero attached hydrogens (tertiary/aromatic N) is 2. The van der Waals surface area contributed by atoms with Crippen LogP contribution in [0.5, 0.6) is 0 Å². The normalized spacial score (nSPS) is 14.9. The number of aryl methyl sites for hydroxylation is 1. The molecule has 5 nitrogen and oxygen atoms in total. The average Bonchev–Trinajstić information content (AvgIpc) is 3.19. The van der Waals surface area contributed by atoms with E-state index in [1.54, 1.807) is 35.6 Å². The van der Waals surface area contributed by atoms with Gasteiger partial charge in [0, 0.05) is 11.8 Å². The van der Waals surface area contributed by atoms with Crippen molar-refractivity contribution in [1.82, 2.24) is 10.1 Å². The van der Waals surface area contributed by atoms with Crippen LogP contribution in [0.4, 0.5) is 10.1 Å². The monoisotopic (exact) mass is 393 g/mol. The van der Waals surface area contributed by atoms with Crippen molar-refractivity contribution in [3.05, 3.63) is 65.0 Å². The molecule has 0 spiro atoms. The molecule has 1 aliphatic rings. The maximum absolute atomic E-state index is 14.0. The largest absolute Gasteiger partial charge is 0.356 e. The molecule has 2 aromatic carbocycles. The van der Waals surface area contributed by atoms with E-state index in [4.69, 9.17) is 4.52 Å². The molecule has 1 saturated carbocycles. The number of benzene rings is 2. The summed E-state index contributed by atoms with van der Waals surface area (Å²) in [4.78, 5) is 17.4. The van der Waals surface area contributed by atoms with Gasteiger partial charge >= 0.3 is 0 Å². The summed E-state index contributed by atoms with van der Waals surface area (Å²) in [6, 6.07) is 13.7. The maximum Gasteiger partial charge on any atom is 0.236 e. The lowest BCUT2D eigenvalue weighted by molar-refractivity contribution is -0.118. The first-order valence-electron chi connectivity index (χ1n) is 8.96. The fraction of sp³-hybridized carbons (Fsp3) is 0.190. The highest BCUT2D eigenvalue weighted by Gasteiger charge is 2.54. The van der Waals surface area contributed by atoms with Gasteiger partial charge in [-0.15, -0.1) is 11.3 Å². The minimum atomic E-state index is -0.722. The molecule has 4 aromatic rings. The van der Waals surface area contributed by atoms with E-state index in [0.717, 1.165) is 15.2 Å². The van der Waals surface area contributed by atoms with Crippen LogP contribution < -0.4 is 5.32 Å². The van der Waals surface area contributed by atoms with Crippen molar-refractivity contribution in [2.75, 3.05) is 5.32 Å². The molecule has 28 heavy (non-hydrogen) atoms. The molecule has 2 aromatic heterocycles. The van der Waals surface area contributed by atoms with Crippen molar-refractivity contribution in [2.24, 2.45) is 0 Å². The number of anilines is 1. The fourth-order valence-corrected chi connectivity index (χ4v) is 4.19. The maximum atomic E-state index is 14.0. The highest BCUT2D eigenvalue weighted by atomic mass is 32.1. The van der Waals surface area contributed by atoms with E-state index < -0.39 is 5.41 Å². The summed E-state index contributed by atoms with van der Waals surface area (Å²) in [7, 11) is 0. The van der Waals surface area contributed by atoms with E-state index >= 15 is 0 Å². The third kappa shape index (κ3) is 2.79. The van der Waals surface area contributed by atoms with Crippen LogP contribution in [0.25, 0.3) is 21.5 Å². The van der Waals surface area contributed by atoms with Crippen molar-refractivity contribution >= 4 is 33.1 Å². The first-order valence-corrected chi connectivity index (χ1v) is 9.78. The number of nitrogens with one attached hydrogen (secondary N) is 1. The van der Waals surface area contributed by atoms with Crippen LogP contribution in [-0.4, -0.2) is 16.0 Å². The Labute approximate surface area is 164 Å². The molecule has 0 unspecified atom stereocenters. The second-order valence-corrected chi connectivity index (χ2v) is 8.24. The van der Waals surface area contributed by atoms with E-state index in [-0.39, 0.29) is 11.7 Å². The predicted octanol–water partition coefficient (Wildman–Crippen LogP) is 5.07. The Kier molecular flexibility index (Phi) is 3.80. The Hall–Kier alpha value is -3.06. The van der Waals surface area contributed by atoms with E-state index in [2.05, 4.69) is 15.5 Å². The highest BCUT2D eigenvalue weighted by molar-refractivity contribution is 7.18. The van der Waals surface area contributed by atoms with Gasteiger partial charge in [-0.25, -0.2) is 9.37 Å². The van der Waals surface area contributed by atoms with Crippen LogP contribution in [0.2, 0.25) is 0 Å². The minimum Gasteiger partial charge on any atom is -0.356 e. The number of rotatable bonds is 4. The zero-order valence-electron chi connectivity index (χ0n) is 15.0. The molecule has 1 amide bonds. The lowest BCUT2D eigenvalue weighted by Crippen LogP contribution is -2.28. The van der Waals surface area contributed by atoms with Gasteiger partial charge in [-0.2, -0.15) is 0 Å². The van der Waals surface area contributed by atoms with Gasteiger partial charge in [0.05, 0.1) is 31.9 Å². The summed E-state index contributed by atoms with van der Waals surface area (Å²) in [6.07, 6.45) is 1.36. The second-order valence-electron chi connectivity index (χ2n) is 7.01. The molecule has 0 saturated heterocycles. The number of amides is 1. The molecule has 1 N–H and O–H groups in total. The molecule has 0 aliphatic heterocycles. The molecule has 2 heterocycles. The Balaban J connectivity index is 1.41. The number of fused-ring (bicyclic) bond motifs is 1. The lowest BCUT2D eigenvalue weighted by Gasteiger charge is -2.12. The molecular formula is C21H16FN3O2S. The number of carbonyl (C=O) groups excluding carboxylic acids is 1. The van der Waals surface area contributed by atoms with Gasteiger partial charge in [0.2, 0.25) is 5.91 Å². The number of aromatic nitrogens is 2. The fourth-order valence-electron chi connectivity index (χ4n) is 3.38. The lowest BCUT2D eigenvalue weighted by atomic mass is 10.00. The Morgan fingerprint density at radius 3 is 2.82 bits per heavy atom. The van der Waals surface area contributed by atoms with Crippen LogP contribution in [0, 0.1) is 12.7 Å². The Morgan fingerprint density at radius 1 is 1.21 bits per heavy atom. The van der Waals surface area contributed by atoms with Crippen molar-refractivity contribution in [3.63, 3.8) is 0 Å². The topological polar surface area (TPSA) is 68.0 Å². The number of hydrogen-bond donors (Lipinski definition) is 1. The predicted molar refractivity (Wildman–Crippen MR) is 106 cm³/mol. The Morgan fingerprint density at radius 2 is 2.04 bits per heavy atom. The molecule has 5 rings (SSSR count). The molecule has 1 aliphatic carbocycles. The SMILES string of the molecule is Cc1nc2cc(NC(=O)C3(c4cc(-c5ccccc5F)on4)CC3)ccc2s1. The summed E-state index contributed by atoms with van der Waals surface area (Å²) in [5.41, 5.74) is 1.72. The van der Waals surface area contributed by atoms with Crippen molar-refractivity contribution in [1.29, 1.82) is 0 Å².